The standard InChI is InChI=1S/C6H8ClN3O/c1-10-4(3-8)2-5(7)9-6(10)11/h2H,3,8H2,1H3. The first-order chi connectivity index (χ1) is 5.15. The Labute approximate surface area is 68.6 Å². The van der Waals surface area contributed by atoms with Crippen LogP contribution in [0.25, 0.3) is 0 Å². The highest BCUT2D eigenvalue weighted by Gasteiger charge is 2.00. The lowest BCUT2D eigenvalue weighted by Gasteiger charge is -2.03. The summed E-state index contributed by atoms with van der Waals surface area (Å²) >= 11 is 5.52. The fourth-order valence-electron chi connectivity index (χ4n) is 0.752. The third kappa shape index (κ3) is 1.58. The second kappa shape index (κ2) is 3.02. The number of rotatable bonds is 1. The highest BCUT2D eigenvalue weighted by molar-refractivity contribution is 6.29. The minimum Gasteiger partial charge on any atom is -0.325 e. The largest absolute Gasteiger partial charge is 0.348 e. The Kier molecular flexibility index (Phi) is 2.26. The highest BCUT2D eigenvalue weighted by atomic mass is 35.5. The molecule has 1 heterocycles. The Hall–Kier alpha value is -0.870. The molecule has 0 saturated heterocycles. The number of nitrogens with two attached hydrogens (primary N) is 1. The molecule has 4 nitrogen and oxygen atoms in total. The summed E-state index contributed by atoms with van der Waals surface area (Å²) in [7, 11) is 1.61. The van der Waals surface area contributed by atoms with Crippen molar-refractivity contribution in [1.29, 1.82) is 0 Å². The average molecular weight is 174 g/mol. The molecular formula is C6H8ClN3O. The summed E-state index contributed by atoms with van der Waals surface area (Å²) in [5.41, 5.74) is 5.64. The zero-order valence-electron chi connectivity index (χ0n) is 6.04. The van der Waals surface area contributed by atoms with E-state index in [1.165, 1.54) is 4.57 Å². The van der Waals surface area contributed by atoms with Crippen LogP contribution in [0.3, 0.4) is 0 Å². The van der Waals surface area contributed by atoms with E-state index in [1.807, 2.05) is 0 Å². The Balaban J connectivity index is 3.36. The lowest BCUT2D eigenvalue weighted by Crippen LogP contribution is -2.24. The van der Waals surface area contributed by atoms with E-state index in [0.717, 1.165) is 0 Å². The van der Waals surface area contributed by atoms with E-state index in [0.29, 0.717) is 5.69 Å². The minimum atomic E-state index is -0.377. The van der Waals surface area contributed by atoms with E-state index in [2.05, 4.69) is 4.98 Å². The van der Waals surface area contributed by atoms with Crippen molar-refractivity contribution in [2.45, 2.75) is 6.54 Å². The number of nitrogens with zero attached hydrogens (tertiary/aromatic N) is 2. The molecule has 1 aromatic rings. The number of hydrogen-bond donors (Lipinski definition) is 1. The molecule has 0 fully saturated rings. The van der Waals surface area contributed by atoms with Crippen LogP contribution in [0.1, 0.15) is 5.69 Å². The molecule has 0 amide bonds. The second-order valence-corrected chi connectivity index (χ2v) is 2.50. The number of halogens is 1. The van der Waals surface area contributed by atoms with Gasteiger partial charge in [-0.2, -0.15) is 4.98 Å². The first-order valence-electron chi connectivity index (χ1n) is 3.07. The summed E-state index contributed by atoms with van der Waals surface area (Å²) < 4.78 is 1.37. The summed E-state index contributed by atoms with van der Waals surface area (Å²) in [6.45, 7) is 0.286. The molecule has 0 aromatic carbocycles. The summed E-state index contributed by atoms with van der Waals surface area (Å²) in [5.74, 6) is 0. The molecule has 0 spiro atoms. The molecule has 11 heavy (non-hydrogen) atoms. The van der Waals surface area contributed by atoms with Crippen molar-refractivity contribution < 1.29 is 0 Å². The molecule has 0 radical (unpaired) electrons. The Morgan fingerprint density at radius 3 is 3.00 bits per heavy atom. The molecule has 1 rings (SSSR count). The molecule has 0 atom stereocenters. The zero-order chi connectivity index (χ0) is 8.43. The van der Waals surface area contributed by atoms with Crippen LogP contribution < -0.4 is 11.4 Å². The maximum absolute atomic E-state index is 10.9. The average Bonchev–Trinajstić information content (AvgIpc) is 1.96. The van der Waals surface area contributed by atoms with Gasteiger partial charge >= 0.3 is 5.69 Å². The molecule has 2 N–H and O–H groups in total. The van der Waals surface area contributed by atoms with Gasteiger partial charge in [0.15, 0.2) is 0 Å². The summed E-state index contributed by atoms with van der Waals surface area (Å²) in [5, 5.41) is 0.188. The fourth-order valence-corrected chi connectivity index (χ4v) is 0.950. The predicted octanol–water partition coefficient (Wildman–Crippen LogP) is -0.108. The van der Waals surface area contributed by atoms with Gasteiger partial charge in [-0.3, -0.25) is 4.57 Å². The van der Waals surface area contributed by atoms with Gasteiger partial charge in [-0.25, -0.2) is 4.79 Å². The molecule has 0 aliphatic rings. The van der Waals surface area contributed by atoms with Crippen molar-refractivity contribution >= 4 is 11.6 Å². The fraction of sp³-hybridized carbons (Fsp3) is 0.333. The van der Waals surface area contributed by atoms with E-state index in [4.69, 9.17) is 17.3 Å². The Morgan fingerprint density at radius 2 is 2.45 bits per heavy atom. The predicted molar refractivity (Wildman–Crippen MR) is 42.4 cm³/mol. The topological polar surface area (TPSA) is 60.9 Å². The highest BCUT2D eigenvalue weighted by Crippen LogP contribution is 2.02. The quantitative estimate of drug-likeness (QED) is 0.603. The SMILES string of the molecule is Cn1c(CN)cc(Cl)nc1=O. The van der Waals surface area contributed by atoms with Gasteiger partial charge in [0.05, 0.1) is 0 Å². The van der Waals surface area contributed by atoms with Crippen LogP contribution in [0.15, 0.2) is 10.9 Å². The van der Waals surface area contributed by atoms with Gasteiger partial charge < -0.3 is 5.73 Å². The van der Waals surface area contributed by atoms with Crippen LogP contribution in [-0.4, -0.2) is 9.55 Å². The van der Waals surface area contributed by atoms with Crippen LogP contribution in [0.2, 0.25) is 5.15 Å². The van der Waals surface area contributed by atoms with E-state index in [1.54, 1.807) is 13.1 Å². The number of aromatic nitrogens is 2. The van der Waals surface area contributed by atoms with Crippen LogP contribution in [0.5, 0.6) is 0 Å². The lowest BCUT2D eigenvalue weighted by atomic mass is 10.4. The van der Waals surface area contributed by atoms with Gasteiger partial charge in [0.2, 0.25) is 0 Å². The maximum Gasteiger partial charge on any atom is 0.348 e. The van der Waals surface area contributed by atoms with Gasteiger partial charge in [-0.05, 0) is 6.07 Å². The first kappa shape index (κ1) is 8.23. The van der Waals surface area contributed by atoms with E-state index in [-0.39, 0.29) is 17.4 Å². The van der Waals surface area contributed by atoms with Crippen LogP contribution in [-0.2, 0) is 13.6 Å². The maximum atomic E-state index is 10.9. The molecule has 60 valence electrons. The normalized spacial score (nSPS) is 10.1. The van der Waals surface area contributed by atoms with Gasteiger partial charge in [-0.15, -0.1) is 0 Å². The van der Waals surface area contributed by atoms with E-state index >= 15 is 0 Å². The smallest absolute Gasteiger partial charge is 0.325 e. The van der Waals surface area contributed by atoms with Crippen molar-refractivity contribution in [1.82, 2.24) is 9.55 Å². The van der Waals surface area contributed by atoms with Crippen molar-refractivity contribution in [2.24, 2.45) is 12.8 Å². The second-order valence-electron chi connectivity index (χ2n) is 2.12. The molecule has 0 unspecified atom stereocenters. The summed E-state index contributed by atoms with van der Waals surface area (Å²) in [6.07, 6.45) is 0. The summed E-state index contributed by atoms with van der Waals surface area (Å²) in [4.78, 5) is 14.4. The van der Waals surface area contributed by atoms with E-state index < -0.39 is 0 Å². The number of hydrogen-bond acceptors (Lipinski definition) is 3. The van der Waals surface area contributed by atoms with Crippen molar-refractivity contribution in [3.05, 3.63) is 27.4 Å². The molecule has 0 saturated carbocycles. The van der Waals surface area contributed by atoms with Gasteiger partial charge in [-0.1, -0.05) is 11.6 Å². The molecule has 0 aliphatic carbocycles. The summed E-state index contributed by atoms with van der Waals surface area (Å²) in [6, 6.07) is 1.57. The van der Waals surface area contributed by atoms with Crippen LogP contribution in [0.4, 0.5) is 0 Å². The van der Waals surface area contributed by atoms with Gasteiger partial charge in [0.1, 0.15) is 5.15 Å². The third-order valence-electron chi connectivity index (χ3n) is 1.42. The zero-order valence-corrected chi connectivity index (χ0v) is 6.80. The van der Waals surface area contributed by atoms with Crippen molar-refractivity contribution in [2.75, 3.05) is 0 Å². The van der Waals surface area contributed by atoms with Crippen LogP contribution >= 0.6 is 11.6 Å². The van der Waals surface area contributed by atoms with Gasteiger partial charge in [0.25, 0.3) is 0 Å². The molecule has 5 heteroatoms. The third-order valence-corrected chi connectivity index (χ3v) is 1.61. The van der Waals surface area contributed by atoms with Crippen LogP contribution in [0, 0.1) is 0 Å². The first-order valence-corrected chi connectivity index (χ1v) is 3.45. The van der Waals surface area contributed by atoms with E-state index in [9.17, 15) is 4.79 Å². The Bertz CT molecular complexity index is 320. The van der Waals surface area contributed by atoms with Gasteiger partial charge in [0, 0.05) is 19.3 Å². The van der Waals surface area contributed by atoms with Crippen molar-refractivity contribution in [3.63, 3.8) is 0 Å². The molecular weight excluding hydrogens is 166 g/mol. The molecule has 0 aliphatic heterocycles. The monoisotopic (exact) mass is 173 g/mol. The Morgan fingerprint density at radius 1 is 1.82 bits per heavy atom. The molecule has 0 bridgehead atoms. The molecule has 1 aromatic heterocycles. The minimum absolute atomic E-state index is 0.188. The van der Waals surface area contributed by atoms with Crippen molar-refractivity contribution in [3.8, 4) is 0 Å². The lowest BCUT2D eigenvalue weighted by molar-refractivity contribution is 0.738.